The van der Waals surface area contributed by atoms with Crippen LogP contribution < -0.4 is 21.4 Å². The van der Waals surface area contributed by atoms with Crippen molar-refractivity contribution in [3.63, 3.8) is 0 Å². The Kier molecular flexibility index (Phi) is 6.48. The van der Waals surface area contributed by atoms with Crippen molar-refractivity contribution in [2.75, 3.05) is 17.2 Å². The lowest BCUT2D eigenvalue weighted by atomic mass is 10.0. The smallest absolute Gasteiger partial charge is 0.352 e. The van der Waals surface area contributed by atoms with Crippen LogP contribution in [0.1, 0.15) is 5.69 Å². The summed E-state index contributed by atoms with van der Waals surface area (Å²) in [6, 6.07) is 2.59. The van der Waals surface area contributed by atoms with E-state index < -0.39 is 34.9 Å². The Morgan fingerprint density at radius 2 is 2.11 bits per heavy atom. The van der Waals surface area contributed by atoms with Gasteiger partial charge in [-0.15, -0.1) is 23.1 Å². The molecule has 5 rings (SSSR count). The Morgan fingerprint density at radius 3 is 2.76 bits per heavy atom. The zero-order valence-corrected chi connectivity index (χ0v) is 21.1. The SMILES string of the molecule is Nc1nc(/C(=N/O)C(=O)N[C@@H]2C(=O)N3C(C(=O)O)=C(C[n+]4cccc(-c5nsc(N)n5)c4)CS[C@H]23)cs1. The highest BCUT2D eigenvalue weighted by atomic mass is 32.2. The number of pyridine rings is 1. The fourth-order valence-corrected chi connectivity index (χ4v) is 6.29. The fraction of sp³-hybridized carbons (Fsp3) is 0.200. The van der Waals surface area contributed by atoms with Gasteiger partial charge in [0.2, 0.25) is 0 Å². The molecule has 1 saturated heterocycles. The van der Waals surface area contributed by atoms with Crippen LogP contribution in [0, 0.1) is 0 Å². The summed E-state index contributed by atoms with van der Waals surface area (Å²) in [7, 11) is 0. The van der Waals surface area contributed by atoms with E-state index >= 15 is 0 Å². The van der Waals surface area contributed by atoms with Crippen molar-refractivity contribution in [2.24, 2.45) is 5.16 Å². The molecule has 0 saturated carbocycles. The van der Waals surface area contributed by atoms with Gasteiger partial charge in [0.05, 0.1) is 5.56 Å². The Morgan fingerprint density at radius 1 is 1.30 bits per heavy atom. The third-order valence-electron chi connectivity index (χ3n) is 5.55. The number of β-lactam (4-membered cyclic amide) rings is 1. The van der Waals surface area contributed by atoms with Crippen molar-refractivity contribution in [2.45, 2.75) is 18.0 Å². The molecule has 0 radical (unpaired) electrons. The highest BCUT2D eigenvalue weighted by Crippen LogP contribution is 2.40. The summed E-state index contributed by atoms with van der Waals surface area (Å²) in [6.45, 7) is 0.211. The number of hydrogen-bond acceptors (Lipinski definition) is 13. The van der Waals surface area contributed by atoms with Gasteiger partial charge in [-0.2, -0.15) is 9.36 Å². The molecular formula is C20H18N9O5S3+. The van der Waals surface area contributed by atoms with Crippen LogP contribution >= 0.6 is 34.6 Å². The largest absolute Gasteiger partial charge is 0.477 e. The van der Waals surface area contributed by atoms with Gasteiger partial charge in [-0.25, -0.2) is 14.3 Å². The molecular weight excluding hydrogens is 542 g/mol. The van der Waals surface area contributed by atoms with E-state index in [0.29, 0.717) is 27.8 Å². The molecule has 2 atom stereocenters. The maximum atomic E-state index is 13.0. The van der Waals surface area contributed by atoms with E-state index in [1.54, 1.807) is 23.0 Å². The molecule has 37 heavy (non-hydrogen) atoms. The van der Waals surface area contributed by atoms with E-state index in [0.717, 1.165) is 22.9 Å². The van der Waals surface area contributed by atoms with Crippen molar-refractivity contribution in [3.8, 4) is 11.4 Å². The van der Waals surface area contributed by atoms with Crippen LogP contribution in [0.2, 0.25) is 0 Å². The van der Waals surface area contributed by atoms with Crippen molar-refractivity contribution >= 4 is 68.4 Å². The molecule has 190 valence electrons. The lowest BCUT2D eigenvalue weighted by Crippen LogP contribution is -2.71. The first kappa shape index (κ1) is 24.6. The number of carbonyl (C=O) groups is 3. The van der Waals surface area contributed by atoms with Gasteiger partial charge in [0.1, 0.15) is 22.8 Å². The first-order valence-corrected chi connectivity index (χ1v) is 13.2. The van der Waals surface area contributed by atoms with Crippen LogP contribution in [0.5, 0.6) is 0 Å². The molecule has 14 nitrogen and oxygen atoms in total. The first-order valence-electron chi connectivity index (χ1n) is 10.5. The summed E-state index contributed by atoms with van der Waals surface area (Å²) >= 11 is 3.45. The van der Waals surface area contributed by atoms with Crippen molar-refractivity contribution in [3.05, 3.63) is 46.9 Å². The van der Waals surface area contributed by atoms with Crippen LogP contribution in [0.15, 0.2) is 46.3 Å². The number of carboxylic acid groups (broad SMARTS) is 1. The van der Waals surface area contributed by atoms with Crippen LogP contribution in [0.3, 0.4) is 0 Å². The molecule has 2 aliphatic heterocycles. The van der Waals surface area contributed by atoms with Gasteiger partial charge >= 0.3 is 5.97 Å². The molecule has 0 bridgehead atoms. The summed E-state index contributed by atoms with van der Waals surface area (Å²) < 4.78 is 5.97. The van der Waals surface area contributed by atoms with E-state index in [4.69, 9.17) is 11.5 Å². The average molecular weight is 561 g/mol. The molecule has 0 unspecified atom stereocenters. The molecule has 3 aromatic heterocycles. The van der Waals surface area contributed by atoms with E-state index in [2.05, 4.69) is 24.8 Å². The minimum Gasteiger partial charge on any atom is -0.477 e. The van der Waals surface area contributed by atoms with E-state index in [1.165, 1.54) is 22.0 Å². The number of thioether (sulfide) groups is 1. The summed E-state index contributed by atoms with van der Waals surface area (Å²) in [4.78, 5) is 47.1. The summed E-state index contributed by atoms with van der Waals surface area (Å²) in [5.41, 5.74) is 12.0. The number of thiazole rings is 1. The number of rotatable bonds is 7. The molecule has 5 heterocycles. The Labute approximate surface area is 220 Å². The molecule has 7 N–H and O–H groups in total. The minimum absolute atomic E-state index is 0.0608. The number of carbonyl (C=O) groups excluding carboxylic acids is 2. The number of nitrogens with two attached hydrogens (primary N) is 2. The van der Waals surface area contributed by atoms with Gasteiger partial charge in [0, 0.05) is 34.3 Å². The summed E-state index contributed by atoms with van der Waals surface area (Å²) in [6.07, 6.45) is 3.54. The average Bonchev–Trinajstić information content (AvgIpc) is 3.51. The van der Waals surface area contributed by atoms with Crippen LogP contribution in [-0.4, -0.2) is 70.2 Å². The predicted octanol–water partition coefficient (Wildman–Crippen LogP) is -0.269. The lowest BCUT2D eigenvalue weighted by Gasteiger charge is -2.49. The standard InChI is InChI=1S/C20H17N9O5S3/c21-19-23-10(7-36-19)11(26-34)15(30)24-12-16(31)29-13(18(32)33)9(6-35-17(12)29)5-28-3-1-2-8(4-28)14-25-20(22)37-27-14/h1-4,7,12,17H,5-6H2,(H6-,21,22,23,24,25,27,30,32,33,34)/p+1/t12-,17-/m1/s1. The first-order chi connectivity index (χ1) is 17.8. The molecule has 2 aliphatic rings. The monoisotopic (exact) mass is 560 g/mol. The van der Waals surface area contributed by atoms with Gasteiger partial charge in [0.25, 0.3) is 11.8 Å². The molecule has 2 amide bonds. The molecule has 0 aliphatic carbocycles. The van der Waals surface area contributed by atoms with Crippen LogP contribution in [-0.2, 0) is 20.9 Å². The van der Waals surface area contributed by atoms with Crippen molar-refractivity contribution < 1.29 is 29.3 Å². The Hall–Kier alpha value is -4.09. The number of oxime groups is 1. The molecule has 3 aromatic rings. The maximum absolute atomic E-state index is 13.0. The van der Waals surface area contributed by atoms with E-state index in [-0.39, 0.29) is 23.1 Å². The number of amides is 2. The Balaban J connectivity index is 1.34. The number of aliphatic carboxylic acids is 1. The zero-order chi connectivity index (χ0) is 26.3. The number of carboxylic acids is 1. The zero-order valence-electron chi connectivity index (χ0n) is 18.6. The van der Waals surface area contributed by atoms with Gasteiger partial charge in [-0.05, 0) is 6.07 Å². The topological polar surface area (TPSA) is 214 Å². The summed E-state index contributed by atoms with van der Waals surface area (Å²) in [5, 5.41) is 26.1. The number of nitrogen functional groups attached to an aromatic ring is 2. The quantitative estimate of drug-likeness (QED) is 0.0833. The van der Waals surface area contributed by atoms with E-state index in [9.17, 15) is 24.7 Å². The second-order valence-electron chi connectivity index (χ2n) is 7.86. The second-order valence-corrected chi connectivity index (χ2v) is 10.6. The molecule has 17 heteroatoms. The number of fused-ring (bicyclic) bond motifs is 1. The van der Waals surface area contributed by atoms with Crippen LogP contribution in [0.4, 0.5) is 10.3 Å². The number of anilines is 2. The van der Waals surface area contributed by atoms with Gasteiger partial charge < -0.3 is 27.1 Å². The number of aromatic nitrogens is 4. The number of nitrogens with zero attached hydrogens (tertiary/aromatic N) is 6. The minimum atomic E-state index is -1.25. The molecule has 0 aromatic carbocycles. The van der Waals surface area contributed by atoms with E-state index in [1.807, 2.05) is 6.07 Å². The second kappa shape index (κ2) is 9.75. The number of nitrogens with one attached hydrogen (secondary N) is 1. The van der Waals surface area contributed by atoms with Crippen molar-refractivity contribution in [1.82, 2.24) is 24.6 Å². The molecule has 0 spiro atoms. The van der Waals surface area contributed by atoms with Crippen LogP contribution in [0.25, 0.3) is 11.4 Å². The Bertz CT molecular complexity index is 1480. The van der Waals surface area contributed by atoms with Crippen molar-refractivity contribution in [1.29, 1.82) is 0 Å². The highest BCUT2D eigenvalue weighted by molar-refractivity contribution is 8.00. The lowest BCUT2D eigenvalue weighted by molar-refractivity contribution is -0.688. The highest BCUT2D eigenvalue weighted by Gasteiger charge is 2.54. The maximum Gasteiger partial charge on any atom is 0.352 e. The van der Waals surface area contributed by atoms with Gasteiger partial charge in [-0.1, -0.05) is 5.16 Å². The molecule has 1 fully saturated rings. The third-order valence-corrected chi connectivity index (χ3v) is 8.10. The third kappa shape index (κ3) is 4.58. The normalized spacial score (nSPS) is 19.4. The fourth-order valence-electron chi connectivity index (χ4n) is 3.95. The predicted molar refractivity (Wildman–Crippen MR) is 134 cm³/mol. The van der Waals surface area contributed by atoms with Gasteiger partial charge in [0.15, 0.2) is 40.7 Å². The number of hydrogen-bond donors (Lipinski definition) is 5. The van der Waals surface area contributed by atoms with Gasteiger partial charge in [-0.3, -0.25) is 14.5 Å². The summed E-state index contributed by atoms with van der Waals surface area (Å²) in [5.74, 6) is -1.90.